The van der Waals surface area contributed by atoms with Gasteiger partial charge in [-0.3, -0.25) is 14.5 Å². The maximum Gasteiger partial charge on any atom is 0.347 e. The highest BCUT2D eigenvalue weighted by Gasteiger charge is 2.42. The summed E-state index contributed by atoms with van der Waals surface area (Å²) >= 11 is 1.51. The molecule has 2 aromatic heterocycles. The van der Waals surface area contributed by atoms with Gasteiger partial charge >= 0.3 is 5.97 Å². The van der Waals surface area contributed by atoms with Crippen LogP contribution in [0.4, 0.5) is 0 Å². The summed E-state index contributed by atoms with van der Waals surface area (Å²) in [7, 11) is 1.66. The molecule has 1 aliphatic rings. The second-order valence-corrected chi connectivity index (χ2v) is 17.6. The van der Waals surface area contributed by atoms with E-state index in [9.17, 15) is 29.7 Å². The number of nitrogens with zero attached hydrogens (tertiary/aromatic N) is 1. The van der Waals surface area contributed by atoms with Crippen molar-refractivity contribution < 1.29 is 34.4 Å². The maximum absolute atomic E-state index is 14.0. The fourth-order valence-corrected chi connectivity index (χ4v) is 9.21. The number of H-pyrrole nitrogens is 1. The van der Waals surface area contributed by atoms with E-state index in [1.54, 1.807) is 61.7 Å². The summed E-state index contributed by atoms with van der Waals surface area (Å²) in [6.45, 7) is 3.83. The van der Waals surface area contributed by atoms with Gasteiger partial charge in [0.25, 0.3) is 5.91 Å². The van der Waals surface area contributed by atoms with Gasteiger partial charge in [0.15, 0.2) is 0 Å². The maximum atomic E-state index is 14.0. The number of aliphatic hydroxyl groups excluding tert-OH is 1. The molecular formula is C52H52N4O8S. The Kier molecular flexibility index (Phi) is 14.2. The highest BCUT2D eigenvalue weighted by atomic mass is 32.1. The number of thiophene rings is 1. The van der Waals surface area contributed by atoms with Crippen LogP contribution in [0.1, 0.15) is 62.0 Å². The molecule has 0 radical (unpaired) electrons. The van der Waals surface area contributed by atoms with Crippen LogP contribution in [0.25, 0.3) is 21.3 Å². The number of rotatable bonds is 17. The Morgan fingerprint density at radius 2 is 1.58 bits per heavy atom. The van der Waals surface area contributed by atoms with E-state index in [-0.39, 0.29) is 41.8 Å². The number of esters is 1. The highest BCUT2D eigenvalue weighted by Crippen LogP contribution is 2.36. The van der Waals surface area contributed by atoms with E-state index < -0.39 is 17.7 Å². The molecule has 0 spiro atoms. The van der Waals surface area contributed by atoms with Crippen molar-refractivity contribution in [2.24, 2.45) is 5.92 Å². The second-order valence-electron chi connectivity index (χ2n) is 16.4. The Morgan fingerprint density at radius 1 is 0.846 bits per heavy atom. The predicted molar refractivity (Wildman–Crippen MR) is 252 cm³/mol. The number of methoxy groups -OCH3 is 1. The number of ether oxygens (including phenoxy) is 2. The third kappa shape index (κ3) is 10.7. The minimum absolute atomic E-state index is 0.0668. The molecule has 0 aliphatic carbocycles. The normalized spacial score (nSPS) is 14.7. The van der Waals surface area contributed by atoms with Crippen LogP contribution in [-0.4, -0.2) is 70.4 Å². The number of nitrogens with one attached hydrogen (secondary N) is 3. The van der Waals surface area contributed by atoms with Gasteiger partial charge in [0.05, 0.1) is 31.9 Å². The zero-order chi connectivity index (χ0) is 45.3. The largest absolute Gasteiger partial charge is 0.506 e. The molecule has 1 aliphatic heterocycles. The van der Waals surface area contributed by atoms with Gasteiger partial charge in [0, 0.05) is 52.0 Å². The first kappa shape index (κ1) is 45.0. The van der Waals surface area contributed by atoms with Crippen LogP contribution in [0.5, 0.6) is 11.5 Å². The van der Waals surface area contributed by atoms with Gasteiger partial charge in [-0.15, -0.1) is 11.3 Å². The minimum atomic E-state index is -2.03. The molecule has 7 aromatic rings. The van der Waals surface area contributed by atoms with Crippen LogP contribution in [0, 0.1) is 5.92 Å². The zero-order valence-corrected chi connectivity index (χ0v) is 36.9. The Bertz CT molecular complexity index is 2790. The van der Waals surface area contributed by atoms with Crippen molar-refractivity contribution in [3.05, 3.63) is 188 Å². The van der Waals surface area contributed by atoms with Crippen LogP contribution >= 0.6 is 11.3 Å². The monoisotopic (exact) mass is 892 g/mol. The summed E-state index contributed by atoms with van der Waals surface area (Å²) in [5.74, 6) is 0.0258. The number of benzene rings is 5. The molecule has 65 heavy (non-hydrogen) atoms. The van der Waals surface area contributed by atoms with E-state index in [1.807, 2.05) is 60.7 Å². The molecule has 1 fully saturated rings. The summed E-state index contributed by atoms with van der Waals surface area (Å²) < 4.78 is 11.2. The van der Waals surface area contributed by atoms with Crippen molar-refractivity contribution in [1.29, 1.82) is 0 Å². The number of likely N-dealkylation sites (tertiary alicyclic amines) is 1. The summed E-state index contributed by atoms with van der Waals surface area (Å²) in [6.07, 6.45) is 0.881. The van der Waals surface area contributed by atoms with Crippen LogP contribution in [0.3, 0.4) is 0 Å². The molecule has 1 saturated heterocycles. The number of hydrogen-bond donors (Lipinski definition) is 6. The van der Waals surface area contributed by atoms with Gasteiger partial charge in [0.2, 0.25) is 11.2 Å². The Balaban J connectivity index is 0.842. The van der Waals surface area contributed by atoms with E-state index in [0.29, 0.717) is 40.7 Å². The summed E-state index contributed by atoms with van der Waals surface area (Å²) in [5, 5.41) is 40.2. The molecule has 8 rings (SSSR count). The third-order valence-corrected chi connectivity index (χ3v) is 13.1. The first-order chi connectivity index (χ1) is 31.6. The first-order valence-electron chi connectivity index (χ1n) is 21.7. The number of aromatic amines is 1. The lowest BCUT2D eigenvalue weighted by Gasteiger charge is -2.33. The van der Waals surface area contributed by atoms with Gasteiger partial charge in [0.1, 0.15) is 11.5 Å². The van der Waals surface area contributed by atoms with Gasteiger partial charge in [-0.25, -0.2) is 4.79 Å². The molecule has 13 heteroatoms. The number of hydrogen-bond acceptors (Lipinski definition) is 11. The SMILES string of the molecule is COc1ccc(CN2CCC(COC(=O)[C@](O)(c3ccccc3)c3cccc(-c4ccc(CNC(=O)c5ccc(CNC[C@H](O)c6ccc(O)c7[nH]c(=O)ccc67)cc5)s4)c3)CC2)cc1. The lowest BCUT2D eigenvalue weighted by Crippen LogP contribution is -2.40. The summed E-state index contributed by atoms with van der Waals surface area (Å²) in [5.41, 5.74) is 2.78. The van der Waals surface area contributed by atoms with E-state index in [1.165, 1.54) is 29.0 Å². The number of phenolic OH excluding ortho intramolecular Hbond substituents is 1. The van der Waals surface area contributed by atoms with Crippen molar-refractivity contribution >= 4 is 34.1 Å². The molecule has 334 valence electrons. The van der Waals surface area contributed by atoms with Crippen LogP contribution in [-0.2, 0) is 34.8 Å². The van der Waals surface area contributed by atoms with Crippen molar-refractivity contribution in [1.82, 2.24) is 20.5 Å². The standard InChI is InChI=1S/C52H52N4O8S/c1-63-41-16-12-35(13-17-41)32-56-26-24-36(25-27-56)33-64-51(61)52(62,39-7-3-2-4-8-39)40-9-5-6-38(28-40)47-22-18-42(65-47)30-54-50(60)37-14-10-34(11-15-37)29-53-31-46(58)43-19-21-45(57)49-44(43)20-23-48(59)55-49/h2-23,28,36,46,53,57-58,62H,24-27,29-33H2,1H3,(H,54,60)(H,55,59)/t46-,52-/m0/s1. The summed E-state index contributed by atoms with van der Waals surface area (Å²) in [6, 6.07) is 41.5. The molecule has 12 nitrogen and oxygen atoms in total. The molecular weight excluding hydrogens is 841 g/mol. The van der Waals surface area contributed by atoms with Crippen molar-refractivity contribution in [2.75, 3.05) is 33.4 Å². The Morgan fingerprint density at radius 3 is 2.34 bits per heavy atom. The third-order valence-electron chi connectivity index (χ3n) is 12.0. The molecule has 6 N–H and O–H groups in total. The number of aromatic nitrogens is 1. The number of pyridine rings is 1. The van der Waals surface area contributed by atoms with E-state index in [2.05, 4.69) is 32.7 Å². The lowest BCUT2D eigenvalue weighted by molar-refractivity contribution is -0.164. The van der Waals surface area contributed by atoms with E-state index in [0.717, 1.165) is 59.1 Å². The van der Waals surface area contributed by atoms with Crippen LogP contribution in [0.2, 0.25) is 0 Å². The van der Waals surface area contributed by atoms with Crippen molar-refractivity contribution in [2.45, 2.75) is 44.2 Å². The number of piperidine rings is 1. The van der Waals surface area contributed by atoms with E-state index in [4.69, 9.17) is 9.47 Å². The topological polar surface area (TPSA) is 173 Å². The predicted octanol–water partition coefficient (Wildman–Crippen LogP) is 7.42. The van der Waals surface area contributed by atoms with Gasteiger partial charge in [-0.2, -0.15) is 0 Å². The minimum Gasteiger partial charge on any atom is -0.506 e. The van der Waals surface area contributed by atoms with Gasteiger partial charge in [-0.1, -0.05) is 78.9 Å². The number of fused-ring (bicyclic) bond motifs is 1. The Labute approximate surface area is 381 Å². The molecule has 2 atom stereocenters. The molecule has 0 saturated carbocycles. The van der Waals surface area contributed by atoms with Crippen LogP contribution in [0.15, 0.2) is 144 Å². The fourth-order valence-electron chi connectivity index (χ4n) is 8.26. The molecule has 1 amide bonds. The second kappa shape index (κ2) is 20.5. The van der Waals surface area contributed by atoms with Gasteiger partial charge in [-0.05, 0) is 114 Å². The molecule has 0 unspecified atom stereocenters. The number of aliphatic hydroxyl groups is 2. The van der Waals surface area contributed by atoms with Gasteiger partial charge < -0.3 is 40.4 Å². The lowest BCUT2D eigenvalue weighted by atomic mass is 9.85. The number of amides is 1. The number of carbonyl (C=O) groups is 2. The molecule has 0 bridgehead atoms. The van der Waals surface area contributed by atoms with Crippen LogP contribution < -0.4 is 20.9 Å². The van der Waals surface area contributed by atoms with Crippen molar-refractivity contribution in [3.63, 3.8) is 0 Å². The smallest absolute Gasteiger partial charge is 0.347 e. The van der Waals surface area contributed by atoms with E-state index >= 15 is 0 Å². The fraction of sp³-hybridized carbons (Fsp3) is 0.250. The van der Waals surface area contributed by atoms with Crippen molar-refractivity contribution in [3.8, 4) is 21.9 Å². The number of carbonyl (C=O) groups excluding carboxylic acids is 2. The first-order valence-corrected chi connectivity index (χ1v) is 22.5. The average molecular weight is 893 g/mol. The quantitative estimate of drug-likeness (QED) is 0.0506. The average Bonchev–Trinajstić information content (AvgIpc) is 3.83. The highest BCUT2D eigenvalue weighted by molar-refractivity contribution is 7.15. The Hall–Kier alpha value is -6.61. The summed E-state index contributed by atoms with van der Waals surface area (Å²) in [4.78, 5) is 45.8. The number of aromatic hydroxyl groups is 1. The zero-order valence-electron chi connectivity index (χ0n) is 36.0. The number of phenols is 1. The molecule has 3 heterocycles. The molecule has 5 aromatic carbocycles.